The second kappa shape index (κ2) is 8.67. The molecule has 0 aromatic carbocycles. The number of rotatable bonds is 7. The average molecular weight is 298 g/mol. The van der Waals surface area contributed by atoms with Crippen molar-refractivity contribution in [2.24, 2.45) is 5.92 Å². The third kappa shape index (κ3) is 4.74. The van der Waals surface area contributed by atoms with Crippen LogP contribution in [0.15, 0.2) is 12.7 Å². The lowest BCUT2D eigenvalue weighted by atomic mass is 9.89. The molecule has 6 heteroatoms. The van der Waals surface area contributed by atoms with Gasteiger partial charge in [-0.1, -0.05) is 19.4 Å². The Labute approximate surface area is 126 Å². The number of urea groups is 1. The molecule has 0 bridgehead atoms. The lowest BCUT2D eigenvalue weighted by molar-refractivity contribution is -0.144. The van der Waals surface area contributed by atoms with Gasteiger partial charge in [-0.25, -0.2) is 9.59 Å². The van der Waals surface area contributed by atoms with Crippen molar-refractivity contribution in [1.82, 2.24) is 9.80 Å². The summed E-state index contributed by atoms with van der Waals surface area (Å²) in [6.45, 7) is 7.44. The molecule has 1 rings (SSSR count). The van der Waals surface area contributed by atoms with E-state index >= 15 is 0 Å². The van der Waals surface area contributed by atoms with Crippen molar-refractivity contribution in [2.75, 3.05) is 33.4 Å². The molecule has 0 radical (unpaired) electrons. The smallest absolute Gasteiger partial charge is 0.326 e. The Bertz CT molecular complexity index is 373. The van der Waals surface area contributed by atoms with E-state index in [1.807, 2.05) is 0 Å². The number of carboxylic acid groups (broad SMARTS) is 1. The van der Waals surface area contributed by atoms with Crippen molar-refractivity contribution in [1.29, 1.82) is 0 Å². The maximum atomic E-state index is 12.6. The molecule has 0 spiro atoms. The molecule has 1 saturated heterocycles. The van der Waals surface area contributed by atoms with Crippen LogP contribution in [0.25, 0.3) is 0 Å². The van der Waals surface area contributed by atoms with Gasteiger partial charge < -0.3 is 19.6 Å². The van der Waals surface area contributed by atoms with Gasteiger partial charge in [0.25, 0.3) is 0 Å². The van der Waals surface area contributed by atoms with E-state index in [2.05, 4.69) is 13.5 Å². The Morgan fingerprint density at radius 3 is 2.76 bits per heavy atom. The number of hydrogen-bond donors (Lipinski definition) is 1. The van der Waals surface area contributed by atoms with Crippen molar-refractivity contribution in [2.45, 2.75) is 32.2 Å². The van der Waals surface area contributed by atoms with Crippen molar-refractivity contribution in [3.8, 4) is 0 Å². The minimum absolute atomic E-state index is 0.242. The quantitative estimate of drug-likeness (QED) is 0.728. The number of hydrogen-bond acceptors (Lipinski definition) is 3. The Hall–Kier alpha value is -1.56. The third-order valence-electron chi connectivity index (χ3n) is 4.00. The van der Waals surface area contributed by atoms with Gasteiger partial charge >= 0.3 is 12.0 Å². The highest BCUT2D eigenvalue weighted by atomic mass is 16.5. The molecule has 1 heterocycles. The Kier molecular flexibility index (Phi) is 7.22. The maximum Gasteiger partial charge on any atom is 0.326 e. The minimum Gasteiger partial charge on any atom is -0.480 e. The van der Waals surface area contributed by atoms with E-state index in [-0.39, 0.29) is 6.03 Å². The standard InChI is InChI=1S/C15H26N2O4/c1-4-7-16(9-10-21-3)15(20)17-8-6-12(5-2)11-13(17)14(18)19/h4,12-13H,1,5-11H2,2-3H3,(H,18,19). The highest BCUT2D eigenvalue weighted by Crippen LogP contribution is 2.26. The number of piperidine rings is 1. The van der Waals surface area contributed by atoms with Crippen LogP contribution in [-0.2, 0) is 9.53 Å². The summed E-state index contributed by atoms with van der Waals surface area (Å²) in [6.07, 6.45) is 3.98. The first-order chi connectivity index (χ1) is 10.0. The summed E-state index contributed by atoms with van der Waals surface area (Å²) in [7, 11) is 1.57. The number of methoxy groups -OCH3 is 1. The van der Waals surface area contributed by atoms with Crippen LogP contribution in [0.4, 0.5) is 4.79 Å². The van der Waals surface area contributed by atoms with Crippen molar-refractivity contribution in [3.63, 3.8) is 0 Å². The normalized spacial score (nSPS) is 21.9. The summed E-state index contributed by atoms with van der Waals surface area (Å²) in [6, 6.07) is -0.972. The zero-order chi connectivity index (χ0) is 15.8. The molecule has 0 aromatic rings. The molecule has 2 atom stereocenters. The largest absolute Gasteiger partial charge is 0.480 e. The van der Waals surface area contributed by atoms with Crippen LogP contribution < -0.4 is 0 Å². The van der Waals surface area contributed by atoms with Crippen LogP contribution in [0.5, 0.6) is 0 Å². The maximum absolute atomic E-state index is 12.6. The van der Waals surface area contributed by atoms with Crippen LogP contribution in [0.2, 0.25) is 0 Å². The molecule has 1 N–H and O–H groups in total. The van der Waals surface area contributed by atoms with E-state index in [0.717, 1.165) is 12.8 Å². The average Bonchev–Trinajstić information content (AvgIpc) is 2.50. The molecule has 0 aromatic heterocycles. The highest BCUT2D eigenvalue weighted by Gasteiger charge is 2.37. The fourth-order valence-corrected chi connectivity index (χ4v) is 2.68. The van der Waals surface area contributed by atoms with Gasteiger partial charge in [0, 0.05) is 26.7 Å². The molecule has 21 heavy (non-hydrogen) atoms. The second-order valence-electron chi connectivity index (χ2n) is 5.36. The molecule has 1 aliphatic heterocycles. The van der Waals surface area contributed by atoms with Gasteiger partial charge in [0.1, 0.15) is 6.04 Å². The van der Waals surface area contributed by atoms with Gasteiger partial charge in [0.15, 0.2) is 0 Å². The van der Waals surface area contributed by atoms with Gasteiger partial charge in [0.2, 0.25) is 0 Å². The second-order valence-corrected chi connectivity index (χ2v) is 5.36. The molecule has 120 valence electrons. The summed E-state index contributed by atoms with van der Waals surface area (Å²) in [5, 5.41) is 9.40. The summed E-state index contributed by atoms with van der Waals surface area (Å²) in [5.74, 6) is -0.547. The number of amides is 2. The summed E-state index contributed by atoms with van der Waals surface area (Å²) in [5.41, 5.74) is 0. The first kappa shape index (κ1) is 17.5. The van der Waals surface area contributed by atoms with Crippen molar-refractivity contribution in [3.05, 3.63) is 12.7 Å². The number of likely N-dealkylation sites (tertiary alicyclic amines) is 1. The van der Waals surface area contributed by atoms with Gasteiger partial charge in [0.05, 0.1) is 6.61 Å². The van der Waals surface area contributed by atoms with E-state index in [9.17, 15) is 14.7 Å². The van der Waals surface area contributed by atoms with Gasteiger partial charge in [-0.2, -0.15) is 0 Å². The molecule has 2 unspecified atom stereocenters. The molecular formula is C15H26N2O4. The fourth-order valence-electron chi connectivity index (χ4n) is 2.68. The van der Waals surface area contributed by atoms with Crippen LogP contribution in [-0.4, -0.2) is 66.3 Å². The predicted molar refractivity (Wildman–Crippen MR) is 80.2 cm³/mol. The molecule has 2 amide bonds. The first-order valence-electron chi connectivity index (χ1n) is 7.43. The summed E-state index contributed by atoms with van der Waals surface area (Å²) >= 11 is 0. The van der Waals surface area contributed by atoms with E-state index in [0.29, 0.717) is 38.6 Å². The number of ether oxygens (including phenoxy) is 1. The molecule has 0 aliphatic carbocycles. The van der Waals surface area contributed by atoms with Gasteiger partial charge in [-0.15, -0.1) is 6.58 Å². The Morgan fingerprint density at radius 2 is 2.24 bits per heavy atom. The van der Waals surface area contributed by atoms with Crippen LogP contribution in [0.1, 0.15) is 26.2 Å². The minimum atomic E-state index is -0.924. The van der Waals surface area contributed by atoms with E-state index in [1.54, 1.807) is 18.1 Å². The van der Waals surface area contributed by atoms with Crippen LogP contribution in [0, 0.1) is 5.92 Å². The molecule has 0 saturated carbocycles. The first-order valence-corrected chi connectivity index (χ1v) is 7.43. The Balaban J connectivity index is 2.80. The topological polar surface area (TPSA) is 70.1 Å². The number of carbonyl (C=O) groups is 2. The fraction of sp³-hybridized carbons (Fsp3) is 0.733. The number of nitrogens with zero attached hydrogens (tertiary/aromatic N) is 2. The van der Waals surface area contributed by atoms with E-state index in [1.165, 1.54) is 4.90 Å². The van der Waals surface area contributed by atoms with Gasteiger partial charge in [-0.3, -0.25) is 0 Å². The van der Waals surface area contributed by atoms with Crippen molar-refractivity contribution >= 4 is 12.0 Å². The Morgan fingerprint density at radius 1 is 1.52 bits per heavy atom. The zero-order valence-corrected chi connectivity index (χ0v) is 13.0. The predicted octanol–water partition coefficient (Wildman–Crippen LogP) is 1.82. The number of carboxylic acids is 1. The zero-order valence-electron chi connectivity index (χ0n) is 13.0. The molecular weight excluding hydrogens is 272 g/mol. The van der Waals surface area contributed by atoms with Crippen molar-refractivity contribution < 1.29 is 19.4 Å². The van der Waals surface area contributed by atoms with E-state index in [4.69, 9.17) is 4.74 Å². The number of aliphatic carboxylic acids is 1. The molecule has 1 aliphatic rings. The summed E-state index contributed by atoms with van der Waals surface area (Å²) < 4.78 is 5.00. The molecule has 1 fully saturated rings. The van der Waals surface area contributed by atoms with Crippen LogP contribution in [0.3, 0.4) is 0 Å². The number of carbonyl (C=O) groups excluding carboxylic acids is 1. The lowest BCUT2D eigenvalue weighted by Crippen LogP contribution is -2.55. The monoisotopic (exact) mass is 298 g/mol. The highest BCUT2D eigenvalue weighted by molar-refractivity contribution is 5.83. The third-order valence-corrected chi connectivity index (χ3v) is 4.00. The SMILES string of the molecule is C=CCN(CCOC)C(=O)N1CCC(CC)CC1C(=O)O. The van der Waals surface area contributed by atoms with Crippen LogP contribution >= 0.6 is 0 Å². The van der Waals surface area contributed by atoms with E-state index < -0.39 is 12.0 Å². The molecule has 6 nitrogen and oxygen atoms in total. The lowest BCUT2D eigenvalue weighted by Gasteiger charge is -2.39. The van der Waals surface area contributed by atoms with Gasteiger partial charge in [-0.05, 0) is 18.8 Å². The summed E-state index contributed by atoms with van der Waals surface area (Å²) in [4.78, 5) is 27.1.